The van der Waals surface area contributed by atoms with Gasteiger partial charge in [0.05, 0.1) is 33.2 Å². The van der Waals surface area contributed by atoms with Gasteiger partial charge in [0.15, 0.2) is 11.5 Å². The van der Waals surface area contributed by atoms with Crippen molar-refractivity contribution < 1.29 is 14.3 Å². The maximum absolute atomic E-state index is 13.3. The van der Waals surface area contributed by atoms with Crippen LogP contribution in [0.2, 0.25) is 5.02 Å². The molecule has 6 nitrogen and oxygen atoms in total. The summed E-state index contributed by atoms with van der Waals surface area (Å²) < 4.78 is 12.8. The first-order chi connectivity index (χ1) is 19.5. The number of nitrogens with zero attached hydrogens (tertiary/aromatic N) is 2. The van der Waals surface area contributed by atoms with Crippen molar-refractivity contribution in [3.05, 3.63) is 122 Å². The van der Waals surface area contributed by atoms with Crippen molar-refractivity contribution in [3.8, 4) is 22.8 Å². The fraction of sp³-hybridized carbons (Fsp3) is 0.0938. The monoisotopic (exact) mass is 661 g/mol. The van der Waals surface area contributed by atoms with Gasteiger partial charge in [-0.25, -0.2) is 10.4 Å². The summed E-state index contributed by atoms with van der Waals surface area (Å²) in [6, 6.07) is 30.4. The number of pyridine rings is 1. The van der Waals surface area contributed by atoms with E-state index in [-0.39, 0.29) is 5.91 Å². The summed E-state index contributed by atoms with van der Waals surface area (Å²) >= 11 is 8.20. The average Bonchev–Trinajstić information content (AvgIpc) is 2.97. The molecule has 0 saturated heterocycles. The quantitative estimate of drug-likeness (QED) is 0.0991. The molecule has 200 valence electrons. The van der Waals surface area contributed by atoms with E-state index in [4.69, 9.17) is 26.1 Å². The fourth-order valence-electron chi connectivity index (χ4n) is 4.15. The number of carbonyl (C=O) groups excluding carboxylic acids is 1. The van der Waals surface area contributed by atoms with Gasteiger partial charge in [-0.3, -0.25) is 4.79 Å². The van der Waals surface area contributed by atoms with Crippen LogP contribution < -0.4 is 14.9 Å². The molecule has 0 aliphatic carbocycles. The molecule has 1 aromatic heterocycles. The number of halogens is 2. The zero-order chi connectivity index (χ0) is 27.9. The van der Waals surface area contributed by atoms with Crippen LogP contribution in [0.3, 0.4) is 0 Å². The third-order valence-electron chi connectivity index (χ3n) is 6.04. The van der Waals surface area contributed by atoms with Crippen LogP contribution in [-0.4, -0.2) is 23.7 Å². The predicted molar refractivity (Wildman–Crippen MR) is 168 cm³/mol. The van der Waals surface area contributed by atoms with Gasteiger partial charge in [-0.15, -0.1) is 0 Å². The van der Waals surface area contributed by atoms with Crippen molar-refractivity contribution in [1.82, 2.24) is 10.4 Å². The Morgan fingerprint density at radius 2 is 1.73 bits per heavy atom. The molecule has 1 amide bonds. The minimum Gasteiger partial charge on any atom is -0.490 e. The highest BCUT2D eigenvalue weighted by Crippen LogP contribution is 2.34. The smallest absolute Gasteiger partial charge is 0.272 e. The van der Waals surface area contributed by atoms with Crippen molar-refractivity contribution >= 4 is 57.2 Å². The number of fused-ring (bicyclic) bond motifs is 1. The number of para-hydroxylation sites is 1. The number of hydrazone groups is 1. The second-order valence-electron chi connectivity index (χ2n) is 8.82. The Bertz CT molecular complexity index is 1680. The summed E-state index contributed by atoms with van der Waals surface area (Å²) in [5.41, 5.74) is 7.32. The van der Waals surface area contributed by atoms with E-state index in [1.807, 2.05) is 97.9 Å². The molecule has 1 heterocycles. The molecule has 0 atom stereocenters. The van der Waals surface area contributed by atoms with E-state index >= 15 is 0 Å². The van der Waals surface area contributed by atoms with E-state index in [0.29, 0.717) is 35.3 Å². The molecule has 0 spiro atoms. The maximum atomic E-state index is 13.3. The van der Waals surface area contributed by atoms with Crippen LogP contribution in [0.4, 0.5) is 0 Å². The van der Waals surface area contributed by atoms with Gasteiger partial charge in [0.2, 0.25) is 0 Å². The molecule has 0 saturated carbocycles. The molecule has 0 aliphatic heterocycles. The van der Waals surface area contributed by atoms with Crippen molar-refractivity contribution in [3.63, 3.8) is 0 Å². The lowest BCUT2D eigenvalue weighted by atomic mass is 10.0. The number of benzene rings is 4. The Hall–Kier alpha value is -3.95. The summed E-state index contributed by atoms with van der Waals surface area (Å²) in [4.78, 5) is 18.0. The first-order valence-corrected chi connectivity index (χ1v) is 14.1. The van der Waals surface area contributed by atoms with E-state index in [0.717, 1.165) is 36.9 Å². The zero-order valence-electron chi connectivity index (χ0n) is 21.6. The van der Waals surface area contributed by atoms with Gasteiger partial charge >= 0.3 is 0 Å². The first-order valence-electron chi connectivity index (χ1n) is 12.6. The second-order valence-corrected chi connectivity index (χ2v) is 10.4. The van der Waals surface area contributed by atoms with E-state index in [1.165, 1.54) is 0 Å². The zero-order valence-corrected chi connectivity index (χ0v) is 24.5. The van der Waals surface area contributed by atoms with Crippen LogP contribution in [-0.2, 0) is 6.61 Å². The summed E-state index contributed by atoms with van der Waals surface area (Å²) in [5, 5.41) is 5.68. The molecular weight excluding hydrogens is 637 g/mol. The molecule has 0 radical (unpaired) electrons. The van der Waals surface area contributed by atoms with Crippen LogP contribution in [0.15, 0.2) is 102 Å². The lowest BCUT2D eigenvalue weighted by Gasteiger charge is -2.15. The molecule has 8 heteroatoms. The molecule has 5 rings (SSSR count). The van der Waals surface area contributed by atoms with Crippen molar-refractivity contribution in [1.29, 1.82) is 0 Å². The molecular formula is C32H25ClIN3O3. The highest BCUT2D eigenvalue weighted by molar-refractivity contribution is 14.1. The SMILES string of the molecule is CCOc1cc(/C=N\NC(=O)c2cc(-c3ccccc3)nc3ccccc23)cc(I)c1OCc1ccc(Cl)cc1. The summed E-state index contributed by atoms with van der Waals surface area (Å²) in [7, 11) is 0. The minimum absolute atomic E-state index is 0.324. The van der Waals surface area contributed by atoms with Crippen LogP contribution in [0.25, 0.3) is 22.2 Å². The van der Waals surface area contributed by atoms with Crippen molar-refractivity contribution in [2.45, 2.75) is 13.5 Å². The Morgan fingerprint density at radius 1 is 0.975 bits per heavy atom. The van der Waals surface area contributed by atoms with E-state index in [9.17, 15) is 4.79 Å². The highest BCUT2D eigenvalue weighted by Gasteiger charge is 2.15. The molecule has 5 aromatic rings. The number of ether oxygens (including phenoxy) is 2. The second kappa shape index (κ2) is 12.9. The van der Waals surface area contributed by atoms with Crippen LogP contribution in [0.1, 0.15) is 28.4 Å². The molecule has 40 heavy (non-hydrogen) atoms. The van der Waals surface area contributed by atoms with Gasteiger partial charge in [0.25, 0.3) is 5.91 Å². The van der Waals surface area contributed by atoms with Crippen LogP contribution >= 0.6 is 34.2 Å². The Kier molecular flexibility index (Phi) is 8.93. The molecule has 0 aliphatic rings. The highest BCUT2D eigenvalue weighted by atomic mass is 127. The standard InChI is InChI=1S/C32H25ClIN3O3/c1-2-39-30-17-22(16-27(34)31(30)40-20-21-12-14-24(33)15-13-21)19-35-37-32(38)26-18-29(23-8-4-3-5-9-23)36-28-11-7-6-10-25(26)28/h3-19H,2,20H2,1H3,(H,37,38)/b35-19-. The number of hydrogen-bond donors (Lipinski definition) is 1. The lowest BCUT2D eigenvalue weighted by Crippen LogP contribution is -2.18. The Labute approximate surface area is 251 Å². The van der Waals surface area contributed by atoms with Gasteiger partial charge in [-0.1, -0.05) is 72.3 Å². The third kappa shape index (κ3) is 6.60. The number of aromatic nitrogens is 1. The Balaban J connectivity index is 1.36. The van der Waals surface area contributed by atoms with Gasteiger partial charge in [-0.05, 0) is 77.0 Å². The molecule has 0 unspecified atom stereocenters. The number of nitrogens with one attached hydrogen (secondary N) is 1. The topological polar surface area (TPSA) is 72.8 Å². The number of rotatable bonds is 9. The average molecular weight is 662 g/mol. The molecule has 0 fully saturated rings. The minimum atomic E-state index is -0.324. The van der Waals surface area contributed by atoms with E-state index < -0.39 is 0 Å². The number of amides is 1. The van der Waals surface area contributed by atoms with Gasteiger partial charge in [0.1, 0.15) is 6.61 Å². The largest absolute Gasteiger partial charge is 0.490 e. The Morgan fingerprint density at radius 3 is 2.50 bits per heavy atom. The summed E-state index contributed by atoms with van der Waals surface area (Å²) in [6.45, 7) is 2.77. The molecule has 0 bridgehead atoms. The third-order valence-corrected chi connectivity index (χ3v) is 7.09. The van der Waals surface area contributed by atoms with Crippen LogP contribution in [0, 0.1) is 3.57 Å². The molecule has 1 N–H and O–H groups in total. The first kappa shape index (κ1) is 27.6. The maximum Gasteiger partial charge on any atom is 0.272 e. The van der Waals surface area contributed by atoms with Gasteiger partial charge in [0, 0.05) is 16.0 Å². The number of carbonyl (C=O) groups is 1. The summed E-state index contributed by atoms with van der Waals surface area (Å²) in [5.74, 6) is 0.925. The van der Waals surface area contributed by atoms with Gasteiger partial charge in [-0.2, -0.15) is 5.10 Å². The normalized spacial score (nSPS) is 11.1. The molecule has 4 aromatic carbocycles. The van der Waals surface area contributed by atoms with Crippen LogP contribution in [0.5, 0.6) is 11.5 Å². The predicted octanol–water partition coefficient (Wildman–Crippen LogP) is 7.90. The van der Waals surface area contributed by atoms with Crippen molar-refractivity contribution in [2.24, 2.45) is 5.10 Å². The van der Waals surface area contributed by atoms with E-state index in [1.54, 1.807) is 12.3 Å². The summed E-state index contributed by atoms with van der Waals surface area (Å²) in [6.07, 6.45) is 1.59. The van der Waals surface area contributed by atoms with Gasteiger partial charge < -0.3 is 9.47 Å². The number of hydrogen-bond acceptors (Lipinski definition) is 5. The van der Waals surface area contributed by atoms with E-state index in [2.05, 4.69) is 33.1 Å². The fourth-order valence-corrected chi connectivity index (χ4v) is 5.05. The lowest BCUT2D eigenvalue weighted by molar-refractivity contribution is 0.0956. The van der Waals surface area contributed by atoms with Crippen molar-refractivity contribution in [2.75, 3.05) is 6.61 Å².